The summed E-state index contributed by atoms with van der Waals surface area (Å²) in [6.07, 6.45) is 3.11. The largest absolute Gasteiger partial charge is 0.363 e. The molecule has 1 saturated heterocycles. The van der Waals surface area contributed by atoms with Gasteiger partial charge < -0.3 is 10.2 Å². The second kappa shape index (κ2) is 6.89. The van der Waals surface area contributed by atoms with E-state index < -0.39 is 0 Å². The van der Waals surface area contributed by atoms with Gasteiger partial charge >= 0.3 is 5.69 Å². The number of piperidine rings is 1. The quantitative estimate of drug-likeness (QED) is 0.642. The summed E-state index contributed by atoms with van der Waals surface area (Å²) >= 11 is 0. The van der Waals surface area contributed by atoms with Gasteiger partial charge in [0.2, 0.25) is 5.82 Å². The fraction of sp³-hybridized carbons (Fsp3) is 0.786. The molecule has 21 heavy (non-hydrogen) atoms. The average Bonchev–Trinajstić information content (AvgIpc) is 2.75. The van der Waals surface area contributed by atoms with Gasteiger partial charge in [0.1, 0.15) is 5.69 Å². The maximum Gasteiger partial charge on any atom is 0.333 e. The van der Waals surface area contributed by atoms with Crippen molar-refractivity contribution in [2.45, 2.75) is 33.1 Å². The van der Waals surface area contributed by atoms with Crippen LogP contribution in [0.3, 0.4) is 0 Å². The minimum atomic E-state index is -0.336. The van der Waals surface area contributed by atoms with Crippen LogP contribution in [0.5, 0.6) is 0 Å². The Hall–Kier alpha value is -1.63. The molecule has 1 aromatic heterocycles. The van der Waals surface area contributed by atoms with Crippen molar-refractivity contribution >= 4 is 11.5 Å². The van der Waals surface area contributed by atoms with Gasteiger partial charge in [-0.3, -0.25) is 10.1 Å². The van der Waals surface area contributed by atoms with E-state index in [1.165, 1.54) is 12.8 Å². The van der Waals surface area contributed by atoms with Crippen LogP contribution in [0.4, 0.5) is 11.5 Å². The van der Waals surface area contributed by atoms with Crippen LogP contribution in [-0.2, 0) is 13.5 Å². The Bertz CT molecular complexity index is 500. The number of likely N-dealkylation sites (tertiary alicyclic amines) is 1. The highest BCUT2D eigenvalue weighted by atomic mass is 16.6. The Balaban J connectivity index is 1.96. The summed E-state index contributed by atoms with van der Waals surface area (Å²) in [7, 11) is 1.75. The lowest BCUT2D eigenvalue weighted by molar-refractivity contribution is -0.384. The summed E-state index contributed by atoms with van der Waals surface area (Å²) in [4.78, 5) is 13.3. The molecule has 0 aliphatic carbocycles. The summed E-state index contributed by atoms with van der Waals surface area (Å²) in [6.45, 7) is 8.02. The lowest BCUT2D eigenvalue weighted by Crippen LogP contribution is -2.37. The summed E-state index contributed by atoms with van der Waals surface area (Å²) in [5.74, 6) is 1.26. The van der Waals surface area contributed by atoms with Crippen molar-refractivity contribution in [1.82, 2.24) is 14.7 Å². The van der Waals surface area contributed by atoms with Crippen LogP contribution in [0.2, 0.25) is 0 Å². The molecule has 1 atom stereocenters. The molecule has 1 fully saturated rings. The molecule has 0 aromatic carbocycles. The third kappa shape index (κ3) is 3.72. The molecule has 2 rings (SSSR count). The second-order valence-electron chi connectivity index (χ2n) is 5.85. The van der Waals surface area contributed by atoms with E-state index in [9.17, 15) is 10.1 Å². The SMILES string of the molecule is CCc1nn(C)c(NCCN2CCCC(C)C2)c1[N+](=O)[O-]. The van der Waals surface area contributed by atoms with Gasteiger partial charge in [0.25, 0.3) is 0 Å². The molecule has 0 bridgehead atoms. The number of nitrogens with one attached hydrogen (secondary N) is 1. The predicted molar refractivity (Wildman–Crippen MR) is 82.6 cm³/mol. The third-order valence-corrected chi connectivity index (χ3v) is 4.07. The molecule has 2 heterocycles. The van der Waals surface area contributed by atoms with E-state index >= 15 is 0 Å². The lowest BCUT2D eigenvalue weighted by Gasteiger charge is -2.30. The number of nitro groups is 1. The first-order valence-corrected chi connectivity index (χ1v) is 7.69. The predicted octanol–water partition coefficient (Wildman–Crippen LogP) is 2.03. The van der Waals surface area contributed by atoms with Crippen LogP contribution in [0.15, 0.2) is 0 Å². The number of nitrogens with zero attached hydrogens (tertiary/aromatic N) is 4. The normalized spacial score (nSPS) is 19.7. The maximum absolute atomic E-state index is 11.2. The topological polar surface area (TPSA) is 76.2 Å². The van der Waals surface area contributed by atoms with Crippen LogP contribution < -0.4 is 5.32 Å². The van der Waals surface area contributed by atoms with Crippen molar-refractivity contribution < 1.29 is 4.92 Å². The maximum atomic E-state index is 11.2. The van der Waals surface area contributed by atoms with Crippen molar-refractivity contribution in [2.75, 3.05) is 31.5 Å². The van der Waals surface area contributed by atoms with Gasteiger partial charge in [-0.1, -0.05) is 13.8 Å². The number of hydrogen-bond acceptors (Lipinski definition) is 5. The molecule has 1 aliphatic rings. The van der Waals surface area contributed by atoms with Crippen LogP contribution in [-0.4, -0.2) is 45.8 Å². The second-order valence-corrected chi connectivity index (χ2v) is 5.85. The Kier molecular flexibility index (Phi) is 5.17. The molecule has 1 aliphatic heterocycles. The van der Waals surface area contributed by atoms with Crippen molar-refractivity contribution in [3.63, 3.8) is 0 Å². The van der Waals surface area contributed by atoms with Gasteiger partial charge in [0, 0.05) is 26.7 Å². The summed E-state index contributed by atoms with van der Waals surface area (Å²) < 4.78 is 1.58. The molecule has 1 unspecified atom stereocenters. The van der Waals surface area contributed by atoms with Gasteiger partial charge in [-0.25, -0.2) is 4.68 Å². The number of aryl methyl sites for hydroxylation is 2. The van der Waals surface area contributed by atoms with Crippen LogP contribution >= 0.6 is 0 Å². The number of aromatic nitrogens is 2. The van der Waals surface area contributed by atoms with E-state index in [2.05, 4.69) is 22.2 Å². The van der Waals surface area contributed by atoms with Crippen molar-refractivity contribution in [3.8, 4) is 0 Å². The third-order valence-electron chi connectivity index (χ3n) is 4.07. The smallest absolute Gasteiger partial charge is 0.333 e. The average molecular weight is 295 g/mol. The lowest BCUT2D eigenvalue weighted by atomic mass is 10.0. The van der Waals surface area contributed by atoms with E-state index in [1.54, 1.807) is 11.7 Å². The Labute approximate surface area is 125 Å². The van der Waals surface area contributed by atoms with Crippen LogP contribution in [0.25, 0.3) is 0 Å². The van der Waals surface area contributed by atoms with Crippen molar-refractivity contribution in [2.24, 2.45) is 13.0 Å². The summed E-state index contributed by atoms with van der Waals surface area (Å²) in [5.41, 5.74) is 0.656. The standard InChI is InChI=1S/C14H25N5O2/c1-4-12-13(19(20)21)14(17(3)16-12)15-7-9-18-8-5-6-11(2)10-18/h11,15H,4-10H2,1-3H3. The van der Waals surface area contributed by atoms with Gasteiger partial charge in [-0.2, -0.15) is 5.10 Å². The van der Waals surface area contributed by atoms with E-state index in [-0.39, 0.29) is 10.6 Å². The van der Waals surface area contributed by atoms with Crippen LogP contribution in [0.1, 0.15) is 32.4 Å². The molecule has 1 aromatic rings. The molecule has 0 amide bonds. The molecular formula is C14H25N5O2. The molecular weight excluding hydrogens is 270 g/mol. The highest BCUT2D eigenvalue weighted by molar-refractivity contribution is 5.59. The molecule has 118 valence electrons. The fourth-order valence-corrected chi connectivity index (χ4v) is 3.02. The minimum absolute atomic E-state index is 0.118. The first kappa shape index (κ1) is 15.8. The fourth-order valence-electron chi connectivity index (χ4n) is 3.02. The van der Waals surface area contributed by atoms with E-state index in [0.29, 0.717) is 24.5 Å². The zero-order valence-corrected chi connectivity index (χ0v) is 13.1. The Morgan fingerprint density at radius 3 is 2.90 bits per heavy atom. The van der Waals surface area contributed by atoms with Gasteiger partial charge in [-0.15, -0.1) is 0 Å². The highest BCUT2D eigenvalue weighted by Crippen LogP contribution is 2.28. The van der Waals surface area contributed by atoms with Crippen LogP contribution in [0, 0.1) is 16.0 Å². The summed E-state index contributed by atoms with van der Waals surface area (Å²) in [6, 6.07) is 0. The monoisotopic (exact) mass is 295 g/mol. The molecule has 7 heteroatoms. The highest BCUT2D eigenvalue weighted by Gasteiger charge is 2.25. The molecule has 0 spiro atoms. The first-order chi connectivity index (χ1) is 10.0. The van der Waals surface area contributed by atoms with Gasteiger partial charge in [-0.05, 0) is 31.7 Å². The zero-order chi connectivity index (χ0) is 15.4. The Morgan fingerprint density at radius 1 is 1.52 bits per heavy atom. The number of hydrogen-bond donors (Lipinski definition) is 1. The molecule has 0 radical (unpaired) electrons. The van der Waals surface area contributed by atoms with Gasteiger partial charge in [0.15, 0.2) is 0 Å². The number of anilines is 1. The van der Waals surface area contributed by atoms with Crippen molar-refractivity contribution in [1.29, 1.82) is 0 Å². The van der Waals surface area contributed by atoms with E-state index in [1.807, 2.05) is 6.92 Å². The van der Waals surface area contributed by atoms with E-state index in [0.717, 1.165) is 25.6 Å². The zero-order valence-electron chi connectivity index (χ0n) is 13.1. The van der Waals surface area contributed by atoms with Gasteiger partial charge in [0.05, 0.1) is 4.92 Å². The summed E-state index contributed by atoms with van der Waals surface area (Å²) in [5, 5.41) is 18.6. The van der Waals surface area contributed by atoms with E-state index in [4.69, 9.17) is 0 Å². The molecule has 1 N–H and O–H groups in total. The Morgan fingerprint density at radius 2 is 2.29 bits per heavy atom. The molecule has 7 nitrogen and oxygen atoms in total. The molecule has 0 saturated carbocycles. The number of rotatable bonds is 6. The van der Waals surface area contributed by atoms with Crippen molar-refractivity contribution in [3.05, 3.63) is 15.8 Å². The first-order valence-electron chi connectivity index (χ1n) is 7.69. The minimum Gasteiger partial charge on any atom is -0.363 e.